The number of carbonyl (C=O) groups excluding carboxylic acids is 4. The summed E-state index contributed by atoms with van der Waals surface area (Å²) >= 11 is 4.71. The molecule has 16 heteroatoms. The highest BCUT2D eigenvalue weighted by molar-refractivity contribution is 6.62. The van der Waals surface area contributed by atoms with Crippen LogP contribution in [0.2, 0.25) is 0 Å². The summed E-state index contributed by atoms with van der Waals surface area (Å²) in [7, 11) is 3.20. The minimum absolute atomic E-state index is 0. The van der Waals surface area contributed by atoms with Crippen LogP contribution < -0.4 is 16.0 Å². The standard InChI is InChI=1S/C21H36N4O3.C19H33N3O2.C2H4ClNO.ClH/c1-3-28-20(27)24-12-8-21(15-24)13-17(14-21)23-10-6-16(7-11-23)18-5-4-9-25(18)19(26)22-2;1-2-24-18(23)22-11-7-19(14-22)12-16(13-19)21-9-5-15(6-10-21)17-4-3-8-20-17;1-4-2(3)5;/h16-18H,3-15H2,1-2H3,(H,22,26);15-17,20H,2-14H2,1H3;1H3,(H,4,5);1H/t17?,18-,21?;16?,17-,19?;;/m00../s1. The molecule has 2 atom stereocenters. The molecule has 14 nitrogen and oxygen atoms in total. The van der Waals surface area contributed by atoms with E-state index in [0.29, 0.717) is 42.0 Å². The monoisotopic (exact) mass is 857 g/mol. The van der Waals surface area contributed by atoms with Gasteiger partial charge < -0.3 is 49.9 Å². The number of ether oxygens (including phenoxy) is 2. The number of nitrogens with one attached hydrogen (secondary N) is 3. The molecule has 8 fully saturated rings. The van der Waals surface area contributed by atoms with Crippen molar-refractivity contribution in [3.63, 3.8) is 0 Å². The maximum absolute atomic E-state index is 12.1. The third-order valence-corrected chi connectivity index (χ3v) is 15.2. The fourth-order valence-electron chi connectivity index (χ4n) is 11.8. The first-order valence-electron chi connectivity index (χ1n) is 22.4. The average Bonchev–Trinajstić information content (AvgIpc) is 4.04. The molecule has 8 rings (SSSR count). The van der Waals surface area contributed by atoms with Crippen molar-refractivity contribution in [1.29, 1.82) is 0 Å². The minimum atomic E-state index is -0.523. The van der Waals surface area contributed by atoms with Crippen molar-refractivity contribution in [2.24, 2.45) is 22.7 Å². The number of likely N-dealkylation sites (tertiary alicyclic amines) is 5. The molecular formula is C42H74Cl2N8O6. The third kappa shape index (κ3) is 11.4. The second kappa shape index (κ2) is 21.5. The minimum Gasteiger partial charge on any atom is -0.450 e. The van der Waals surface area contributed by atoms with Gasteiger partial charge in [0.25, 0.3) is 0 Å². The molecule has 3 N–H and O–H groups in total. The number of hydrogen-bond acceptors (Lipinski definition) is 9. The summed E-state index contributed by atoms with van der Waals surface area (Å²) in [5.74, 6) is 1.56. The van der Waals surface area contributed by atoms with Gasteiger partial charge in [-0.05, 0) is 171 Å². The first kappa shape index (κ1) is 46.8. The predicted molar refractivity (Wildman–Crippen MR) is 229 cm³/mol. The zero-order chi connectivity index (χ0) is 40.6. The Morgan fingerprint density at radius 3 is 1.57 bits per heavy atom. The molecule has 6 aliphatic heterocycles. The van der Waals surface area contributed by atoms with Crippen LogP contribution >= 0.6 is 24.0 Å². The van der Waals surface area contributed by atoms with E-state index in [2.05, 4.69) is 30.7 Å². The molecule has 2 saturated carbocycles. The largest absolute Gasteiger partial charge is 0.450 e. The van der Waals surface area contributed by atoms with Crippen molar-refractivity contribution in [2.45, 2.75) is 128 Å². The highest BCUT2D eigenvalue weighted by Crippen LogP contribution is 2.52. The maximum atomic E-state index is 12.1. The Hall–Kier alpha value is -2.26. The van der Waals surface area contributed by atoms with Crippen LogP contribution in [-0.4, -0.2) is 165 Å². The normalized spacial score (nSPS) is 32.6. The Bertz CT molecular complexity index is 1350. The van der Waals surface area contributed by atoms with E-state index in [4.69, 9.17) is 21.1 Å². The van der Waals surface area contributed by atoms with Crippen LogP contribution in [0.3, 0.4) is 0 Å². The van der Waals surface area contributed by atoms with Gasteiger partial charge in [0.05, 0.1) is 13.2 Å². The van der Waals surface area contributed by atoms with Crippen LogP contribution in [0.4, 0.5) is 19.2 Å². The van der Waals surface area contributed by atoms with Crippen molar-refractivity contribution in [1.82, 2.24) is 40.4 Å². The molecule has 332 valence electrons. The number of halogens is 2. The van der Waals surface area contributed by atoms with Gasteiger partial charge in [0, 0.05) is 71.0 Å². The lowest BCUT2D eigenvalue weighted by atomic mass is 9.64. The fraction of sp³-hybridized carbons (Fsp3) is 0.905. The van der Waals surface area contributed by atoms with Crippen molar-refractivity contribution < 1.29 is 28.7 Å². The molecule has 0 radical (unpaired) electrons. The van der Waals surface area contributed by atoms with Crippen molar-refractivity contribution in [3.8, 4) is 0 Å². The van der Waals surface area contributed by atoms with Crippen LogP contribution in [0, 0.1) is 22.7 Å². The van der Waals surface area contributed by atoms with E-state index in [1.54, 1.807) is 7.05 Å². The Kier molecular flexibility index (Phi) is 17.4. The smallest absolute Gasteiger partial charge is 0.409 e. The zero-order valence-corrected chi connectivity index (χ0v) is 37.4. The zero-order valence-electron chi connectivity index (χ0n) is 35.8. The van der Waals surface area contributed by atoms with E-state index >= 15 is 0 Å². The third-order valence-electron chi connectivity index (χ3n) is 15.0. The number of urea groups is 1. The van der Waals surface area contributed by atoms with E-state index in [0.717, 1.165) is 83.1 Å². The molecule has 2 aliphatic carbocycles. The van der Waals surface area contributed by atoms with Gasteiger partial charge in [-0.3, -0.25) is 4.79 Å². The van der Waals surface area contributed by atoms with Gasteiger partial charge in [0.1, 0.15) is 0 Å². The van der Waals surface area contributed by atoms with Gasteiger partial charge in [-0.15, -0.1) is 12.4 Å². The van der Waals surface area contributed by atoms with E-state index < -0.39 is 5.37 Å². The van der Waals surface area contributed by atoms with E-state index in [-0.39, 0.29) is 30.6 Å². The summed E-state index contributed by atoms with van der Waals surface area (Å²) in [4.78, 5) is 56.8. The van der Waals surface area contributed by atoms with Crippen LogP contribution in [0.5, 0.6) is 0 Å². The molecule has 6 saturated heterocycles. The number of hydrogen-bond donors (Lipinski definition) is 3. The van der Waals surface area contributed by atoms with Gasteiger partial charge >= 0.3 is 23.6 Å². The van der Waals surface area contributed by atoms with Crippen LogP contribution in [0.25, 0.3) is 0 Å². The molecule has 0 aromatic carbocycles. The summed E-state index contributed by atoms with van der Waals surface area (Å²) in [5, 5.41) is 8.14. The summed E-state index contributed by atoms with van der Waals surface area (Å²) < 4.78 is 10.3. The van der Waals surface area contributed by atoms with Crippen molar-refractivity contribution >= 4 is 47.6 Å². The lowest BCUT2D eigenvalue weighted by molar-refractivity contribution is -0.0144. The molecule has 0 bridgehead atoms. The Labute approximate surface area is 358 Å². The molecule has 5 amide bonds. The Morgan fingerprint density at radius 2 is 1.16 bits per heavy atom. The highest BCUT2D eigenvalue weighted by atomic mass is 35.5. The first-order chi connectivity index (χ1) is 27.5. The Balaban J connectivity index is 0.000000197. The maximum Gasteiger partial charge on any atom is 0.409 e. The fourth-order valence-corrected chi connectivity index (χ4v) is 11.8. The molecule has 58 heavy (non-hydrogen) atoms. The molecule has 0 unspecified atom stereocenters. The summed E-state index contributed by atoms with van der Waals surface area (Å²) in [6, 6.07) is 2.78. The van der Waals surface area contributed by atoms with E-state index in [1.165, 1.54) is 97.3 Å². The van der Waals surface area contributed by atoms with Crippen molar-refractivity contribution in [3.05, 3.63) is 0 Å². The highest BCUT2D eigenvalue weighted by Gasteiger charge is 2.53. The van der Waals surface area contributed by atoms with Gasteiger partial charge in [0.2, 0.25) is 0 Å². The van der Waals surface area contributed by atoms with Crippen LogP contribution in [0.15, 0.2) is 0 Å². The summed E-state index contributed by atoms with van der Waals surface area (Å²) in [6.45, 7) is 15.2. The quantitative estimate of drug-likeness (QED) is 0.218. The molecule has 2 spiro atoms. The number of carbonyl (C=O) groups is 4. The van der Waals surface area contributed by atoms with Gasteiger partial charge in [0.15, 0.2) is 0 Å². The molecule has 0 aromatic rings. The van der Waals surface area contributed by atoms with Crippen LogP contribution in [0.1, 0.15) is 104 Å². The van der Waals surface area contributed by atoms with Gasteiger partial charge in [-0.2, -0.15) is 0 Å². The van der Waals surface area contributed by atoms with E-state index in [1.807, 2.05) is 23.6 Å². The molecule has 8 aliphatic rings. The first-order valence-corrected chi connectivity index (χ1v) is 22.8. The van der Waals surface area contributed by atoms with Crippen LogP contribution in [-0.2, 0) is 9.47 Å². The van der Waals surface area contributed by atoms with Gasteiger partial charge in [-0.1, -0.05) is 0 Å². The molecule has 0 aromatic heterocycles. The Morgan fingerprint density at radius 1 is 0.672 bits per heavy atom. The van der Waals surface area contributed by atoms with Gasteiger partial charge in [-0.25, -0.2) is 14.4 Å². The number of piperidine rings is 2. The lowest BCUT2D eigenvalue weighted by Crippen LogP contribution is -2.55. The van der Waals surface area contributed by atoms with Crippen molar-refractivity contribution in [2.75, 3.05) is 92.8 Å². The topological polar surface area (TPSA) is 139 Å². The molecular weight excluding hydrogens is 783 g/mol. The summed E-state index contributed by atoms with van der Waals surface area (Å²) in [5.41, 5.74) is 0.747. The average molecular weight is 858 g/mol. The van der Waals surface area contributed by atoms with E-state index in [9.17, 15) is 19.2 Å². The number of amides is 5. The lowest BCUT2D eigenvalue weighted by Gasteiger charge is -2.52. The number of nitrogens with zero attached hydrogens (tertiary/aromatic N) is 5. The predicted octanol–water partition coefficient (Wildman–Crippen LogP) is 5.96. The second-order valence-electron chi connectivity index (χ2n) is 18.3. The summed E-state index contributed by atoms with van der Waals surface area (Å²) in [6.07, 6.45) is 17.3. The SMILES string of the molecule is CCOC(=O)N1CCC2(CC(N3CCC([C@@H]4CCCN4)CC3)C2)C1.CCOC(=O)N1CCC2(CC(N3CCC([C@@H]4CCCN4C(=O)NC)CC3)C2)C1.CNC(=O)Cl.Cl. The molecule has 6 heterocycles. The number of rotatable bonds is 6. The second-order valence-corrected chi connectivity index (χ2v) is 18.6.